The zero-order chi connectivity index (χ0) is 25.9. The van der Waals surface area contributed by atoms with Gasteiger partial charge in [0.25, 0.3) is 14.3 Å². The van der Waals surface area contributed by atoms with Gasteiger partial charge in [0.1, 0.15) is 8.24 Å². The van der Waals surface area contributed by atoms with Crippen LogP contribution in [0.1, 0.15) is 75.2 Å². The first kappa shape index (κ1) is 33.0. The molecular weight excluding hydrogens is 467 g/mol. The third-order valence-corrected chi connectivity index (χ3v) is 18.0. The summed E-state index contributed by atoms with van der Waals surface area (Å²) in [5.74, 6) is -0.0253. The first-order valence-electron chi connectivity index (χ1n) is 13.1. The predicted molar refractivity (Wildman–Crippen MR) is 147 cm³/mol. The van der Waals surface area contributed by atoms with Crippen LogP contribution in [0, 0.1) is 0 Å². The van der Waals surface area contributed by atoms with Gasteiger partial charge >= 0.3 is 8.80 Å². The first-order valence-corrected chi connectivity index (χ1v) is 20.6. The molecule has 6 nitrogen and oxygen atoms in total. The summed E-state index contributed by atoms with van der Waals surface area (Å²) in [4.78, 5) is 13.0. The van der Waals surface area contributed by atoms with Gasteiger partial charge < -0.3 is 22.3 Å². The van der Waals surface area contributed by atoms with Crippen LogP contribution < -0.4 is 0 Å². The molecule has 9 heteroatoms. The summed E-state index contributed by atoms with van der Waals surface area (Å²) in [6.07, 6.45) is 1.39. The molecule has 198 valence electrons. The molecule has 0 saturated heterocycles. The second-order valence-corrected chi connectivity index (χ2v) is 23.9. The lowest BCUT2D eigenvalue weighted by Crippen LogP contribution is -2.51. The van der Waals surface area contributed by atoms with Gasteiger partial charge in [0.15, 0.2) is 0 Å². The quantitative estimate of drug-likeness (QED) is 0.188. The summed E-state index contributed by atoms with van der Waals surface area (Å²) < 4.78 is 26.9. The van der Waals surface area contributed by atoms with Gasteiger partial charge in [-0.1, -0.05) is 61.2 Å². The Labute approximate surface area is 208 Å². The van der Waals surface area contributed by atoms with Gasteiger partial charge in [-0.2, -0.15) is 0 Å². The monoisotopic (exact) mass is 521 g/mol. The molecule has 0 aliphatic rings. The Morgan fingerprint density at radius 3 is 1.52 bits per heavy atom. The average Bonchev–Trinajstić information content (AvgIpc) is 2.67. The lowest BCUT2D eigenvalue weighted by atomic mass is 10.4. The van der Waals surface area contributed by atoms with Crippen molar-refractivity contribution in [3.8, 4) is 0 Å². The number of rotatable bonds is 18. The van der Waals surface area contributed by atoms with E-state index in [1.807, 2.05) is 20.8 Å². The number of nitrogens with zero attached hydrogens (tertiary/aromatic N) is 1. The fourth-order valence-electron chi connectivity index (χ4n) is 5.10. The number of carbonyl (C=O) groups excluding carboxylic acids is 1. The van der Waals surface area contributed by atoms with Crippen LogP contribution in [-0.2, 0) is 22.5 Å². The van der Waals surface area contributed by atoms with Gasteiger partial charge in [-0.25, -0.2) is 0 Å². The molecule has 0 amide bonds. The highest BCUT2D eigenvalue weighted by Gasteiger charge is 2.48. The van der Waals surface area contributed by atoms with Crippen LogP contribution in [-0.4, -0.2) is 68.8 Å². The largest absolute Gasteiger partial charge is 0.518 e. The van der Waals surface area contributed by atoms with Crippen molar-refractivity contribution >= 4 is 31.3 Å². The molecule has 0 atom stereocenters. The van der Waals surface area contributed by atoms with Crippen molar-refractivity contribution in [1.82, 2.24) is 4.57 Å². The normalized spacial score (nSPS) is 13.6. The third-order valence-electron chi connectivity index (χ3n) is 6.54. The molecule has 0 unspecified atom stereocenters. The minimum atomic E-state index is -2.63. The van der Waals surface area contributed by atoms with E-state index in [2.05, 4.69) is 65.7 Å². The van der Waals surface area contributed by atoms with Crippen molar-refractivity contribution in [2.24, 2.45) is 0 Å². The Bertz CT molecular complexity index is 514. The van der Waals surface area contributed by atoms with Crippen LogP contribution in [0.4, 0.5) is 0 Å². The van der Waals surface area contributed by atoms with Crippen molar-refractivity contribution < 1.29 is 22.5 Å². The molecule has 0 N–H and O–H groups in total. The second-order valence-electron chi connectivity index (χ2n) is 10.8. The van der Waals surface area contributed by atoms with E-state index in [-0.39, 0.29) is 5.97 Å². The zero-order valence-electron chi connectivity index (χ0n) is 23.9. The minimum absolute atomic E-state index is 0.0253. The van der Waals surface area contributed by atoms with Gasteiger partial charge in [0.05, 0.1) is 6.42 Å². The van der Waals surface area contributed by atoms with E-state index < -0.39 is 25.4 Å². The maximum Gasteiger partial charge on any atom is 0.500 e. The Hall–Kier alpha value is -0.0394. The van der Waals surface area contributed by atoms with Crippen LogP contribution in [0.3, 0.4) is 0 Å². The molecule has 0 aromatic carbocycles. The summed E-state index contributed by atoms with van der Waals surface area (Å²) in [6.45, 7) is 29.8. The molecule has 0 aliphatic carbocycles. The van der Waals surface area contributed by atoms with Crippen molar-refractivity contribution in [3.05, 3.63) is 0 Å². The Morgan fingerprint density at radius 1 is 0.758 bits per heavy atom. The summed E-state index contributed by atoms with van der Waals surface area (Å²) in [6, 6.07) is 0.804. The molecule has 0 radical (unpaired) electrons. The van der Waals surface area contributed by atoms with E-state index in [1.54, 1.807) is 0 Å². The van der Waals surface area contributed by atoms with Crippen molar-refractivity contribution in [2.45, 2.75) is 117 Å². The fraction of sp³-hybridized carbons (Fsp3) is 0.958. The van der Waals surface area contributed by atoms with E-state index in [0.29, 0.717) is 42.9 Å². The highest BCUT2D eigenvalue weighted by Crippen LogP contribution is 2.42. The van der Waals surface area contributed by atoms with Crippen LogP contribution in [0.5, 0.6) is 0 Å². The Morgan fingerprint density at radius 2 is 1.18 bits per heavy atom. The van der Waals surface area contributed by atoms with Gasteiger partial charge in [0.2, 0.25) is 0 Å². The van der Waals surface area contributed by atoms with Crippen LogP contribution >= 0.6 is 0 Å². The highest BCUT2D eigenvalue weighted by atomic mass is 28.4. The number of carbonyl (C=O) groups is 1. The number of hydrogen-bond donors (Lipinski definition) is 0. The average molecular weight is 522 g/mol. The summed E-state index contributed by atoms with van der Waals surface area (Å²) in [7, 11) is -6.42. The Balaban J connectivity index is 5.21. The lowest BCUT2D eigenvalue weighted by molar-refractivity contribution is -0.135. The molecule has 0 aliphatic heterocycles. The van der Waals surface area contributed by atoms with E-state index in [9.17, 15) is 4.79 Å². The van der Waals surface area contributed by atoms with Crippen molar-refractivity contribution in [3.63, 3.8) is 0 Å². The van der Waals surface area contributed by atoms with Gasteiger partial charge in [-0.3, -0.25) is 4.79 Å². The van der Waals surface area contributed by atoms with Gasteiger partial charge in [0, 0.05) is 32.4 Å². The van der Waals surface area contributed by atoms with Crippen LogP contribution in [0.25, 0.3) is 0 Å². The second kappa shape index (κ2) is 15.2. The summed E-state index contributed by atoms with van der Waals surface area (Å²) in [5.41, 5.74) is 1.22. The molecule has 0 bridgehead atoms. The smallest absolute Gasteiger partial charge is 0.500 e. The van der Waals surface area contributed by atoms with E-state index in [0.717, 1.165) is 25.6 Å². The molecule has 0 heterocycles. The molecule has 0 aromatic heterocycles. The first-order chi connectivity index (χ1) is 15.2. The van der Waals surface area contributed by atoms with Crippen LogP contribution in [0.15, 0.2) is 0 Å². The maximum absolute atomic E-state index is 13.0. The molecular formula is C24H55NO5Si3. The van der Waals surface area contributed by atoms with Gasteiger partial charge in [-0.15, -0.1) is 0 Å². The summed E-state index contributed by atoms with van der Waals surface area (Å²) in [5, 5.41) is 0. The van der Waals surface area contributed by atoms with E-state index in [4.69, 9.17) is 17.7 Å². The van der Waals surface area contributed by atoms with E-state index >= 15 is 0 Å². The van der Waals surface area contributed by atoms with E-state index in [1.165, 1.54) is 0 Å². The maximum atomic E-state index is 13.0. The SMILES string of the molecule is CCO[Si](CCCN(CCC(=O)O[Si](C(C)C)(C(C)C)C(C)C)[Si](C)(C)C)(OCC)OCC. The molecule has 0 spiro atoms. The lowest BCUT2D eigenvalue weighted by Gasteiger charge is -2.41. The molecule has 0 saturated carbocycles. The molecule has 0 fully saturated rings. The van der Waals surface area contributed by atoms with Gasteiger partial charge in [-0.05, 0) is 50.4 Å². The standard InChI is InChI=1S/C24H55NO5Si3/c1-13-27-32(28-14-2,29-15-3)20-16-18-25(31(10,11)12)19-17-24(26)30-33(21(4)5,22(6)7)23(8)9/h21-23H,13-20H2,1-12H3. The Kier molecular flexibility index (Phi) is 15.1. The zero-order valence-corrected chi connectivity index (χ0v) is 26.9. The topological polar surface area (TPSA) is 57.2 Å². The van der Waals surface area contributed by atoms with Crippen molar-refractivity contribution in [2.75, 3.05) is 32.9 Å². The third kappa shape index (κ3) is 10.2. The minimum Gasteiger partial charge on any atom is -0.518 e. The summed E-state index contributed by atoms with van der Waals surface area (Å²) >= 11 is 0. The fourth-order valence-corrected chi connectivity index (χ4v) is 14.5. The van der Waals surface area contributed by atoms with Crippen LogP contribution in [0.2, 0.25) is 42.3 Å². The number of hydrogen-bond acceptors (Lipinski definition) is 6. The predicted octanol–water partition coefficient (Wildman–Crippen LogP) is 6.67. The molecule has 0 rings (SSSR count). The van der Waals surface area contributed by atoms with Crippen molar-refractivity contribution in [1.29, 1.82) is 0 Å². The molecule has 33 heavy (non-hydrogen) atoms. The molecule has 0 aromatic rings. The highest BCUT2D eigenvalue weighted by molar-refractivity contribution is 6.79.